The molecule has 0 saturated carbocycles. The third-order valence-corrected chi connectivity index (χ3v) is 3.62. The molecular formula is C14H17ClF4N2O. The van der Waals surface area contributed by atoms with Gasteiger partial charge in [0.05, 0.1) is 11.1 Å². The van der Waals surface area contributed by atoms with Gasteiger partial charge in [0.15, 0.2) is 0 Å². The predicted octanol–water partition coefficient (Wildman–Crippen LogP) is 3.14. The van der Waals surface area contributed by atoms with E-state index in [1.54, 1.807) is 0 Å². The van der Waals surface area contributed by atoms with Crippen LogP contribution in [0.25, 0.3) is 0 Å². The Kier molecular flexibility index (Phi) is 6.19. The van der Waals surface area contributed by atoms with Crippen LogP contribution in [0.15, 0.2) is 18.2 Å². The number of rotatable bonds is 2. The fourth-order valence-corrected chi connectivity index (χ4v) is 2.36. The summed E-state index contributed by atoms with van der Waals surface area (Å²) in [7, 11) is 0. The lowest BCUT2D eigenvalue weighted by molar-refractivity contribution is -0.137. The molecule has 2 unspecified atom stereocenters. The van der Waals surface area contributed by atoms with E-state index in [1.807, 2.05) is 6.92 Å². The number of carbonyl (C=O) groups excluding carboxylic acids is 1. The van der Waals surface area contributed by atoms with Crippen molar-refractivity contribution in [3.63, 3.8) is 0 Å². The van der Waals surface area contributed by atoms with Crippen LogP contribution in [-0.4, -0.2) is 24.5 Å². The lowest BCUT2D eigenvalue weighted by Crippen LogP contribution is -2.52. The largest absolute Gasteiger partial charge is 0.416 e. The highest BCUT2D eigenvalue weighted by Gasteiger charge is 2.32. The number of halogens is 5. The SMILES string of the molecule is CC1NCCCC1NC(=O)c1cc(C(F)(F)F)ccc1F.Cl. The Balaban J connectivity index is 0.00000242. The topological polar surface area (TPSA) is 41.1 Å². The number of nitrogens with one attached hydrogen (secondary N) is 2. The molecule has 2 rings (SSSR count). The van der Waals surface area contributed by atoms with E-state index in [1.165, 1.54) is 0 Å². The third-order valence-electron chi connectivity index (χ3n) is 3.62. The Morgan fingerprint density at radius 1 is 1.36 bits per heavy atom. The lowest BCUT2D eigenvalue weighted by Gasteiger charge is -2.30. The van der Waals surface area contributed by atoms with Crippen LogP contribution in [0.3, 0.4) is 0 Å². The van der Waals surface area contributed by atoms with Gasteiger partial charge in [-0.1, -0.05) is 0 Å². The lowest BCUT2D eigenvalue weighted by atomic mass is 9.99. The molecule has 0 aliphatic carbocycles. The van der Waals surface area contributed by atoms with Gasteiger partial charge < -0.3 is 10.6 Å². The first-order valence-corrected chi connectivity index (χ1v) is 6.70. The fourth-order valence-electron chi connectivity index (χ4n) is 2.36. The van der Waals surface area contributed by atoms with Gasteiger partial charge in [-0.05, 0) is 44.5 Å². The van der Waals surface area contributed by atoms with Crippen LogP contribution in [0, 0.1) is 5.82 Å². The summed E-state index contributed by atoms with van der Waals surface area (Å²) >= 11 is 0. The molecule has 3 nitrogen and oxygen atoms in total. The maximum atomic E-state index is 13.6. The summed E-state index contributed by atoms with van der Waals surface area (Å²) in [5.74, 6) is -1.78. The van der Waals surface area contributed by atoms with Crippen LogP contribution in [0.1, 0.15) is 35.7 Å². The average molecular weight is 341 g/mol. The van der Waals surface area contributed by atoms with Crippen molar-refractivity contribution in [3.8, 4) is 0 Å². The summed E-state index contributed by atoms with van der Waals surface area (Å²) in [6.45, 7) is 2.69. The smallest absolute Gasteiger partial charge is 0.348 e. The summed E-state index contributed by atoms with van der Waals surface area (Å²) in [5.41, 5.74) is -1.62. The van der Waals surface area contributed by atoms with E-state index in [0.717, 1.165) is 13.0 Å². The molecule has 1 fully saturated rings. The number of benzene rings is 1. The Labute approximate surface area is 131 Å². The summed E-state index contributed by atoms with van der Waals surface area (Å²) in [5, 5.41) is 5.75. The third kappa shape index (κ3) is 4.33. The zero-order chi connectivity index (χ0) is 15.6. The molecule has 1 saturated heterocycles. The van der Waals surface area contributed by atoms with Gasteiger partial charge in [-0.15, -0.1) is 12.4 Å². The quantitative estimate of drug-likeness (QED) is 0.812. The minimum absolute atomic E-state index is 0. The Morgan fingerprint density at radius 3 is 2.64 bits per heavy atom. The van der Waals surface area contributed by atoms with E-state index < -0.39 is 29.0 Å². The first kappa shape index (κ1) is 18.7. The zero-order valence-corrected chi connectivity index (χ0v) is 12.7. The molecule has 1 aromatic carbocycles. The van der Waals surface area contributed by atoms with Gasteiger partial charge in [0.25, 0.3) is 5.91 Å². The molecule has 1 aliphatic heterocycles. The highest BCUT2D eigenvalue weighted by Crippen LogP contribution is 2.30. The van der Waals surface area contributed by atoms with Crippen molar-refractivity contribution in [2.24, 2.45) is 0 Å². The molecule has 1 aromatic rings. The van der Waals surface area contributed by atoms with Gasteiger partial charge >= 0.3 is 6.18 Å². The van der Waals surface area contributed by atoms with Gasteiger partial charge in [0.2, 0.25) is 0 Å². The molecule has 0 aromatic heterocycles. The first-order valence-electron chi connectivity index (χ1n) is 6.70. The monoisotopic (exact) mass is 340 g/mol. The average Bonchev–Trinajstić information content (AvgIpc) is 2.40. The second-order valence-electron chi connectivity index (χ2n) is 5.16. The molecule has 1 amide bonds. The van der Waals surface area contributed by atoms with E-state index in [9.17, 15) is 22.4 Å². The normalized spacial score (nSPS) is 21.9. The molecule has 124 valence electrons. The first-order chi connectivity index (χ1) is 9.79. The standard InChI is InChI=1S/C14H16F4N2O.ClH/c1-8-12(3-2-6-19-8)20-13(21)10-7-9(14(16,17)18)4-5-11(10)15;/h4-5,7-8,12,19H,2-3,6H2,1H3,(H,20,21);1H. The Bertz CT molecular complexity index is 536. The van der Waals surface area contributed by atoms with Crippen molar-refractivity contribution in [1.29, 1.82) is 0 Å². The number of carbonyl (C=O) groups is 1. The zero-order valence-electron chi connectivity index (χ0n) is 11.8. The maximum absolute atomic E-state index is 13.6. The molecule has 2 N–H and O–H groups in total. The fraction of sp³-hybridized carbons (Fsp3) is 0.500. The number of amides is 1. The Morgan fingerprint density at radius 2 is 2.05 bits per heavy atom. The summed E-state index contributed by atoms with van der Waals surface area (Å²) in [4.78, 5) is 12.0. The second-order valence-corrected chi connectivity index (χ2v) is 5.16. The molecule has 1 aliphatic rings. The molecule has 0 radical (unpaired) electrons. The van der Waals surface area contributed by atoms with Gasteiger partial charge in [0, 0.05) is 12.1 Å². The summed E-state index contributed by atoms with van der Waals surface area (Å²) < 4.78 is 51.5. The van der Waals surface area contributed by atoms with Crippen molar-refractivity contribution in [2.75, 3.05) is 6.54 Å². The molecule has 1 heterocycles. The molecule has 8 heteroatoms. The van der Waals surface area contributed by atoms with Crippen LogP contribution >= 0.6 is 12.4 Å². The van der Waals surface area contributed by atoms with Crippen LogP contribution in [0.4, 0.5) is 17.6 Å². The minimum Gasteiger partial charge on any atom is -0.348 e. The molecule has 2 atom stereocenters. The van der Waals surface area contributed by atoms with E-state index in [-0.39, 0.29) is 24.5 Å². The van der Waals surface area contributed by atoms with E-state index in [0.29, 0.717) is 24.6 Å². The predicted molar refractivity (Wildman–Crippen MR) is 76.6 cm³/mol. The van der Waals surface area contributed by atoms with Crippen molar-refractivity contribution < 1.29 is 22.4 Å². The number of hydrogen-bond acceptors (Lipinski definition) is 2. The number of piperidine rings is 1. The van der Waals surface area contributed by atoms with Crippen molar-refractivity contribution >= 4 is 18.3 Å². The molecule has 0 spiro atoms. The Hall–Kier alpha value is -1.34. The van der Waals surface area contributed by atoms with Gasteiger partial charge in [0.1, 0.15) is 5.82 Å². The van der Waals surface area contributed by atoms with Crippen molar-refractivity contribution in [2.45, 2.75) is 38.0 Å². The van der Waals surface area contributed by atoms with Crippen LogP contribution in [-0.2, 0) is 6.18 Å². The van der Waals surface area contributed by atoms with E-state index in [4.69, 9.17) is 0 Å². The van der Waals surface area contributed by atoms with E-state index >= 15 is 0 Å². The second kappa shape index (κ2) is 7.28. The minimum atomic E-state index is -4.61. The van der Waals surface area contributed by atoms with Crippen molar-refractivity contribution in [1.82, 2.24) is 10.6 Å². The summed E-state index contributed by atoms with van der Waals surface area (Å²) in [6, 6.07) is 1.61. The van der Waals surface area contributed by atoms with Crippen LogP contribution in [0.5, 0.6) is 0 Å². The van der Waals surface area contributed by atoms with Crippen LogP contribution < -0.4 is 10.6 Å². The van der Waals surface area contributed by atoms with Gasteiger partial charge in [-0.3, -0.25) is 4.79 Å². The maximum Gasteiger partial charge on any atom is 0.416 e. The molecular weight excluding hydrogens is 324 g/mol. The van der Waals surface area contributed by atoms with Gasteiger partial charge in [-0.2, -0.15) is 13.2 Å². The highest BCUT2D eigenvalue weighted by molar-refractivity contribution is 5.95. The number of hydrogen-bond donors (Lipinski definition) is 2. The summed E-state index contributed by atoms with van der Waals surface area (Å²) in [6.07, 6.45) is -3.05. The van der Waals surface area contributed by atoms with E-state index in [2.05, 4.69) is 10.6 Å². The molecule has 0 bridgehead atoms. The van der Waals surface area contributed by atoms with Crippen LogP contribution in [0.2, 0.25) is 0 Å². The molecule has 22 heavy (non-hydrogen) atoms. The van der Waals surface area contributed by atoms with Gasteiger partial charge in [-0.25, -0.2) is 4.39 Å². The van der Waals surface area contributed by atoms with Crippen molar-refractivity contribution in [3.05, 3.63) is 35.1 Å². The number of alkyl halides is 3. The highest BCUT2D eigenvalue weighted by atomic mass is 35.5.